The zero-order valence-corrected chi connectivity index (χ0v) is 20.6. The minimum absolute atomic E-state index is 0.0639. The molecule has 0 spiro atoms. The van der Waals surface area contributed by atoms with Crippen molar-refractivity contribution in [2.24, 2.45) is 0 Å². The number of carbonyl (C=O) groups is 3. The number of carbonyl (C=O) groups excluding carboxylic acids is 3. The van der Waals surface area contributed by atoms with Crippen molar-refractivity contribution in [2.45, 2.75) is 44.4 Å². The predicted octanol–water partition coefficient (Wildman–Crippen LogP) is 1.89. The van der Waals surface area contributed by atoms with Crippen LogP contribution in [0.4, 0.5) is 0 Å². The SMILES string of the molecule is C=CC1=C(C=C)C[C@@H]([C@H](O)CNC(=O)c2ccc(C(=O)N(C)C3CCN(C(C)=O)CC3)cc2)NC1. The van der Waals surface area contributed by atoms with Gasteiger partial charge in [-0.3, -0.25) is 14.4 Å². The number of likely N-dealkylation sites (tertiary alicyclic amines) is 1. The summed E-state index contributed by atoms with van der Waals surface area (Å²) in [4.78, 5) is 40.6. The molecule has 3 rings (SSSR count). The summed E-state index contributed by atoms with van der Waals surface area (Å²) in [5.74, 6) is -0.355. The fraction of sp³-hybridized carbons (Fsp3) is 0.444. The zero-order chi connectivity index (χ0) is 25.5. The number of benzene rings is 1. The molecule has 0 aromatic heterocycles. The molecule has 3 N–H and O–H groups in total. The highest BCUT2D eigenvalue weighted by Gasteiger charge is 2.27. The van der Waals surface area contributed by atoms with Gasteiger partial charge in [0.05, 0.1) is 6.10 Å². The van der Waals surface area contributed by atoms with Gasteiger partial charge >= 0.3 is 0 Å². The summed E-state index contributed by atoms with van der Waals surface area (Å²) in [6, 6.07) is 6.43. The van der Waals surface area contributed by atoms with E-state index < -0.39 is 6.10 Å². The van der Waals surface area contributed by atoms with E-state index >= 15 is 0 Å². The number of aliphatic hydroxyl groups is 1. The quantitative estimate of drug-likeness (QED) is 0.528. The van der Waals surface area contributed by atoms with Gasteiger partial charge in [0, 0.05) is 63.4 Å². The van der Waals surface area contributed by atoms with E-state index in [2.05, 4.69) is 23.8 Å². The van der Waals surface area contributed by atoms with E-state index in [9.17, 15) is 19.5 Å². The molecule has 3 amide bonds. The number of hydrogen-bond acceptors (Lipinski definition) is 5. The van der Waals surface area contributed by atoms with Crippen molar-refractivity contribution < 1.29 is 19.5 Å². The van der Waals surface area contributed by atoms with Crippen molar-refractivity contribution in [3.63, 3.8) is 0 Å². The summed E-state index contributed by atoms with van der Waals surface area (Å²) < 4.78 is 0. The van der Waals surface area contributed by atoms with Crippen LogP contribution in [0.5, 0.6) is 0 Å². The van der Waals surface area contributed by atoms with Gasteiger partial charge < -0.3 is 25.5 Å². The highest BCUT2D eigenvalue weighted by molar-refractivity contribution is 5.97. The first-order valence-corrected chi connectivity index (χ1v) is 12.0. The lowest BCUT2D eigenvalue weighted by molar-refractivity contribution is -0.130. The van der Waals surface area contributed by atoms with E-state index in [-0.39, 0.29) is 36.3 Å². The molecule has 1 aromatic carbocycles. The highest BCUT2D eigenvalue weighted by Crippen LogP contribution is 2.20. The Morgan fingerprint density at radius 3 is 2.31 bits per heavy atom. The van der Waals surface area contributed by atoms with E-state index in [0.29, 0.717) is 37.2 Å². The second-order valence-corrected chi connectivity index (χ2v) is 9.16. The number of amides is 3. The van der Waals surface area contributed by atoms with Gasteiger partial charge in [-0.1, -0.05) is 25.3 Å². The molecule has 8 nitrogen and oxygen atoms in total. The van der Waals surface area contributed by atoms with Gasteiger partial charge in [0.15, 0.2) is 0 Å². The number of aliphatic hydroxyl groups excluding tert-OH is 1. The number of piperidine rings is 1. The first-order valence-electron chi connectivity index (χ1n) is 12.0. The van der Waals surface area contributed by atoms with E-state index in [1.165, 1.54) is 0 Å². The van der Waals surface area contributed by atoms with Crippen LogP contribution in [-0.2, 0) is 4.79 Å². The minimum Gasteiger partial charge on any atom is -0.390 e. The average molecular weight is 481 g/mol. The highest BCUT2D eigenvalue weighted by atomic mass is 16.3. The molecule has 0 bridgehead atoms. The maximum absolute atomic E-state index is 12.9. The summed E-state index contributed by atoms with van der Waals surface area (Å²) in [5, 5.41) is 16.6. The number of nitrogens with one attached hydrogen (secondary N) is 2. The predicted molar refractivity (Wildman–Crippen MR) is 136 cm³/mol. The number of nitrogens with zero attached hydrogens (tertiary/aromatic N) is 2. The third kappa shape index (κ3) is 6.46. The normalized spacial score (nSPS) is 19.6. The Labute approximate surface area is 207 Å². The molecule has 2 atom stereocenters. The molecule has 2 aliphatic rings. The lowest BCUT2D eigenvalue weighted by Crippen LogP contribution is -2.48. The summed E-state index contributed by atoms with van der Waals surface area (Å²) in [7, 11) is 1.78. The van der Waals surface area contributed by atoms with Crippen molar-refractivity contribution in [1.82, 2.24) is 20.4 Å². The fourth-order valence-electron chi connectivity index (χ4n) is 4.63. The Kier molecular flexibility index (Phi) is 9.01. The van der Waals surface area contributed by atoms with Gasteiger partial charge in [-0.2, -0.15) is 0 Å². The average Bonchev–Trinajstić information content (AvgIpc) is 2.90. The summed E-state index contributed by atoms with van der Waals surface area (Å²) in [6.07, 6.45) is 4.92. The second-order valence-electron chi connectivity index (χ2n) is 9.16. The lowest BCUT2D eigenvalue weighted by atomic mass is 9.93. The van der Waals surface area contributed by atoms with E-state index in [4.69, 9.17) is 0 Å². The zero-order valence-electron chi connectivity index (χ0n) is 20.6. The standard InChI is InChI=1S/C27H36N4O4/c1-5-19-15-24(28-16-20(19)6-2)25(33)17-29-26(34)21-7-9-22(10-8-21)27(35)30(4)23-11-13-31(14-12-23)18(3)32/h5-10,23-25,28,33H,1-2,11-17H2,3-4H3,(H,29,34)/t24-,25+/m0/s1. The van der Waals surface area contributed by atoms with Crippen molar-refractivity contribution >= 4 is 17.7 Å². The third-order valence-corrected chi connectivity index (χ3v) is 7.01. The van der Waals surface area contributed by atoms with Crippen molar-refractivity contribution in [3.05, 3.63) is 71.8 Å². The van der Waals surface area contributed by atoms with Gasteiger partial charge in [-0.25, -0.2) is 0 Å². The molecule has 188 valence electrons. The molecular formula is C27H36N4O4. The molecule has 0 aliphatic carbocycles. The molecule has 8 heteroatoms. The summed E-state index contributed by atoms with van der Waals surface area (Å²) >= 11 is 0. The molecule has 0 saturated carbocycles. The lowest BCUT2D eigenvalue weighted by Gasteiger charge is -2.36. The molecule has 1 saturated heterocycles. The van der Waals surface area contributed by atoms with Gasteiger partial charge in [0.1, 0.15) is 0 Å². The van der Waals surface area contributed by atoms with Crippen molar-refractivity contribution in [2.75, 3.05) is 33.2 Å². The second kappa shape index (κ2) is 12.0. The van der Waals surface area contributed by atoms with Crippen LogP contribution in [0.15, 0.2) is 60.7 Å². The van der Waals surface area contributed by atoms with Crippen LogP contribution in [0.1, 0.15) is 46.9 Å². The summed E-state index contributed by atoms with van der Waals surface area (Å²) in [6.45, 7) is 11.2. The van der Waals surface area contributed by atoms with Crippen LogP contribution in [-0.4, -0.2) is 84.0 Å². The van der Waals surface area contributed by atoms with E-state index in [1.54, 1.807) is 60.2 Å². The van der Waals surface area contributed by atoms with E-state index in [0.717, 1.165) is 24.0 Å². The molecule has 1 fully saturated rings. The minimum atomic E-state index is -0.760. The first-order chi connectivity index (χ1) is 16.7. The smallest absolute Gasteiger partial charge is 0.253 e. The molecule has 35 heavy (non-hydrogen) atoms. The Morgan fingerprint density at radius 2 is 1.74 bits per heavy atom. The maximum atomic E-state index is 12.9. The van der Waals surface area contributed by atoms with Crippen LogP contribution < -0.4 is 10.6 Å². The van der Waals surface area contributed by atoms with Gasteiger partial charge in [-0.15, -0.1) is 0 Å². The van der Waals surface area contributed by atoms with Crippen LogP contribution in [0.25, 0.3) is 0 Å². The van der Waals surface area contributed by atoms with Crippen LogP contribution in [0.3, 0.4) is 0 Å². The van der Waals surface area contributed by atoms with Crippen molar-refractivity contribution in [1.29, 1.82) is 0 Å². The Hall–Kier alpha value is -3.23. The molecule has 2 aliphatic heterocycles. The van der Waals surface area contributed by atoms with E-state index in [1.807, 2.05) is 0 Å². The van der Waals surface area contributed by atoms with Gasteiger partial charge in [-0.05, 0) is 54.7 Å². The maximum Gasteiger partial charge on any atom is 0.253 e. The molecule has 2 heterocycles. The largest absolute Gasteiger partial charge is 0.390 e. The topological polar surface area (TPSA) is 102 Å². The van der Waals surface area contributed by atoms with Crippen LogP contribution in [0.2, 0.25) is 0 Å². The Morgan fingerprint density at radius 1 is 1.14 bits per heavy atom. The molecular weight excluding hydrogens is 444 g/mol. The Bertz CT molecular complexity index is 993. The van der Waals surface area contributed by atoms with Crippen LogP contribution >= 0.6 is 0 Å². The number of hydrogen-bond donors (Lipinski definition) is 3. The van der Waals surface area contributed by atoms with Crippen molar-refractivity contribution in [3.8, 4) is 0 Å². The first kappa shape index (κ1) is 26.4. The Balaban J connectivity index is 1.51. The molecule has 0 unspecified atom stereocenters. The monoisotopic (exact) mass is 480 g/mol. The van der Waals surface area contributed by atoms with Crippen LogP contribution in [0, 0.1) is 0 Å². The third-order valence-electron chi connectivity index (χ3n) is 7.01. The van der Waals surface area contributed by atoms with Gasteiger partial charge in [0.25, 0.3) is 11.8 Å². The fourth-order valence-corrected chi connectivity index (χ4v) is 4.63. The molecule has 0 radical (unpaired) electrons. The van der Waals surface area contributed by atoms with Gasteiger partial charge in [0.2, 0.25) is 5.91 Å². The molecule has 1 aromatic rings. The summed E-state index contributed by atoms with van der Waals surface area (Å²) in [5.41, 5.74) is 3.03. The number of allylic oxidation sites excluding steroid dienone is 1. The number of rotatable bonds is 8.